The van der Waals surface area contributed by atoms with Crippen LogP contribution in [-0.4, -0.2) is 21.8 Å². The largest absolute Gasteiger partial charge is 0.331 e. The van der Waals surface area contributed by atoms with Crippen molar-refractivity contribution in [1.82, 2.24) is 9.55 Å². The molecule has 0 spiro atoms. The molecule has 0 saturated heterocycles. The Kier molecular flexibility index (Phi) is 3.15. The Balaban J connectivity index is 2.39. The van der Waals surface area contributed by atoms with Crippen molar-refractivity contribution in [1.29, 1.82) is 0 Å². The third-order valence-corrected chi connectivity index (χ3v) is 3.35. The number of alkyl halides is 1. The van der Waals surface area contributed by atoms with Crippen LogP contribution in [-0.2, 0) is 13.5 Å². The zero-order chi connectivity index (χ0) is 12.5. The molecular formula is C13H18FN3. The molecule has 0 bridgehead atoms. The van der Waals surface area contributed by atoms with Crippen molar-refractivity contribution >= 4 is 11.0 Å². The number of nitrogens with two attached hydrogens (primary N) is 1. The number of para-hydroxylation sites is 2. The van der Waals surface area contributed by atoms with Crippen LogP contribution in [0.3, 0.4) is 0 Å². The summed E-state index contributed by atoms with van der Waals surface area (Å²) in [7, 11) is 1.91. The summed E-state index contributed by atoms with van der Waals surface area (Å²) in [6.45, 7) is 1.85. The normalized spacial score (nSPS) is 15.1. The zero-order valence-corrected chi connectivity index (χ0v) is 10.3. The molecule has 1 heterocycles. The number of hydrogen-bond donors (Lipinski definition) is 1. The fraction of sp³-hybridized carbons (Fsp3) is 0.462. The van der Waals surface area contributed by atoms with Crippen LogP contribution in [0.25, 0.3) is 11.0 Å². The van der Waals surface area contributed by atoms with E-state index in [4.69, 9.17) is 5.73 Å². The highest BCUT2D eigenvalue weighted by Gasteiger charge is 2.28. The molecule has 0 saturated carbocycles. The van der Waals surface area contributed by atoms with Crippen molar-refractivity contribution in [3.63, 3.8) is 0 Å². The molecule has 1 atom stereocenters. The lowest BCUT2D eigenvalue weighted by atomic mass is 9.98. The maximum Gasteiger partial charge on any atom is 0.129 e. The second-order valence-electron chi connectivity index (χ2n) is 4.46. The lowest BCUT2D eigenvalue weighted by Crippen LogP contribution is -2.35. The third kappa shape index (κ3) is 2.17. The molecule has 92 valence electrons. The molecule has 1 unspecified atom stereocenters. The predicted octanol–water partition coefficient (Wildman–Crippen LogP) is 2.19. The van der Waals surface area contributed by atoms with Crippen LogP contribution in [0.15, 0.2) is 24.3 Å². The second-order valence-corrected chi connectivity index (χ2v) is 4.46. The number of benzene rings is 1. The molecule has 4 heteroatoms. The zero-order valence-electron chi connectivity index (χ0n) is 10.3. The minimum atomic E-state index is -1.35. The highest BCUT2D eigenvalue weighted by atomic mass is 19.1. The summed E-state index contributed by atoms with van der Waals surface area (Å²) in [6, 6.07) is 7.82. The van der Waals surface area contributed by atoms with Gasteiger partial charge < -0.3 is 10.3 Å². The van der Waals surface area contributed by atoms with Gasteiger partial charge in [-0.15, -0.1) is 0 Å². The van der Waals surface area contributed by atoms with Crippen molar-refractivity contribution in [2.24, 2.45) is 12.8 Å². The average molecular weight is 235 g/mol. The SMILES string of the molecule is CCC(F)(CN)Cc1nc2ccccc2n1C. The Morgan fingerprint density at radius 3 is 2.71 bits per heavy atom. The molecule has 3 nitrogen and oxygen atoms in total. The highest BCUT2D eigenvalue weighted by Crippen LogP contribution is 2.23. The molecule has 0 aliphatic rings. The van der Waals surface area contributed by atoms with Crippen LogP contribution in [0.5, 0.6) is 0 Å². The second kappa shape index (κ2) is 4.45. The summed E-state index contributed by atoms with van der Waals surface area (Å²) >= 11 is 0. The summed E-state index contributed by atoms with van der Waals surface area (Å²) in [4.78, 5) is 4.46. The Bertz CT molecular complexity index is 514. The molecule has 0 aliphatic heterocycles. The Hall–Kier alpha value is -1.42. The number of imidazole rings is 1. The minimum Gasteiger partial charge on any atom is -0.331 e. The van der Waals surface area contributed by atoms with E-state index in [2.05, 4.69) is 4.98 Å². The first-order valence-corrected chi connectivity index (χ1v) is 5.89. The Morgan fingerprint density at radius 2 is 2.12 bits per heavy atom. The van der Waals surface area contributed by atoms with Crippen LogP contribution in [0.1, 0.15) is 19.2 Å². The molecule has 1 aromatic heterocycles. The van der Waals surface area contributed by atoms with E-state index in [0.29, 0.717) is 6.42 Å². The number of fused-ring (bicyclic) bond motifs is 1. The number of hydrogen-bond acceptors (Lipinski definition) is 2. The fourth-order valence-corrected chi connectivity index (χ4v) is 1.98. The summed E-state index contributed by atoms with van der Waals surface area (Å²) in [5.41, 5.74) is 6.07. The molecule has 17 heavy (non-hydrogen) atoms. The van der Waals surface area contributed by atoms with Gasteiger partial charge in [-0.25, -0.2) is 9.37 Å². The summed E-state index contributed by atoms with van der Waals surface area (Å²) in [5, 5.41) is 0. The molecular weight excluding hydrogens is 217 g/mol. The number of rotatable bonds is 4. The van der Waals surface area contributed by atoms with E-state index < -0.39 is 5.67 Å². The maximum atomic E-state index is 14.3. The Morgan fingerprint density at radius 1 is 1.41 bits per heavy atom. The van der Waals surface area contributed by atoms with Gasteiger partial charge >= 0.3 is 0 Å². The molecule has 2 aromatic rings. The quantitative estimate of drug-likeness (QED) is 0.882. The fourth-order valence-electron chi connectivity index (χ4n) is 1.98. The van der Waals surface area contributed by atoms with Crippen molar-refractivity contribution < 1.29 is 4.39 Å². The van der Waals surface area contributed by atoms with Gasteiger partial charge in [0.1, 0.15) is 11.5 Å². The standard InChI is InChI=1S/C13H18FN3/c1-3-13(14,9-15)8-12-16-10-6-4-5-7-11(10)17(12)2/h4-7H,3,8-9,15H2,1-2H3. The van der Waals surface area contributed by atoms with Gasteiger partial charge in [-0.05, 0) is 18.6 Å². The van der Waals surface area contributed by atoms with Gasteiger partial charge in [-0.2, -0.15) is 0 Å². The van der Waals surface area contributed by atoms with Gasteiger partial charge in [0, 0.05) is 20.0 Å². The minimum absolute atomic E-state index is 0.0344. The van der Waals surface area contributed by atoms with E-state index in [0.717, 1.165) is 16.9 Å². The van der Waals surface area contributed by atoms with Crippen molar-refractivity contribution in [2.75, 3.05) is 6.54 Å². The molecule has 0 amide bonds. The van der Waals surface area contributed by atoms with Gasteiger partial charge in [0.05, 0.1) is 11.0 Å². The van der Waals surface area contributed by atoms with Crippen LogP contribution in [0, 0.1) is 0 Å². The molecule has 0 aliphatic carbocycles. The number of nitrogens with zero attached hydrogens (tertiary/aromatic N) is 2. The number of aryl methyl sites for hydroxylation is 1. The van der Waals surface area contributed by atoms with Crippen LogP contribution >= 0.6 is 0 Å². The first kappa shape index (κ1) is 12.0. The van der Waals surface area contributed by atoms with Gasteiger partial charge in [-0.1, -0.05) is 19.1 Å². The molecule has 0 radical (unpaired) electrons. The lowest BCUT2D eigenvalue weighted by Gasteiger charge is -2.21. The van der Waals surface area contributed by atoms with Crippen molar-refractivity contribution in [3.05, 3.63) is 30.1 Å². The topological polar surface area (TPSA) is 43.8 Å². The number of halogens is 1. The monoisotopic (exact) mass is 235 g/mol. The van der Waals surface area contributed by atoms with Gasteiger partial charge in [-0.3, -0.25) is 0 Å². The predicted molar refractivity (Wildman–Crippen MR) is 67.6 cm³/mol. The van der Waals surface area contributed by atoms with E-state index >= 15 is 0 Å². The van der Waals surface area contributed by atoms with E-state index in [9.17, 15) is 4.39 Å². The molecule has 2 rings (SSSR count). The van der Waals surface area contributed by atoms with Gasteiger partial charge in [0.2, 0.25) is 0 Å². The summed E-state index contributed by atoms with van der Waals surface area (Å²) in [6.07, 6.45) is 0.678. The molecule has 0 fully saturated rings. The molecule has 2 N–H and O–H groups in total. The van der Waals surface area contributed by atoms with E-state index in [1.54, 1.807) is 0 Å². The van der Waals surface area contributed by atoms with Crippen molar-refractivity contribution in [2.45, 2.75) is 25.4 Å². The highest BCUT2D eigenvalue weighted by molar-refractivity contribution is 5.75. The van der Waals surface area contributed by atoms with Gasteiger partial charge in [0.25, 0.3) is 0 Å². The first-order valence-electron chi connectivity index (χ1n) is 5.89. The lowest BCUT2D eigenvalue weighted by molar-refractivity contribution is 0.163. The first-order chi connectivity index (χ1) is 8.09. The van der Waals surface area contributed by atoms with E-state index in [1.165, 1.54) is 0 Å². The maximum absolute atomic E-state index is 14.3. The Labute approximate surface area is 100 Å². The smallest absolute Gasteiger partial charge is 0.129 e. The van der Waals surface area contributed by atoms with Crippen LogP contribution in [0.4, 0.5) is 4.39 Å². The third-order valence-electron chi connectivity index (χ3n) is 3.35. The number of aromatic nitrogens is 2. The van der Waals surface area contributed by atoms with Gasteiger partial charge in [0.15, 0.2) is 0 Å². The van der Waals surface area contributed by atoms with Crippen LogP contribution in [0.2, 0.25) is 0 Å². The van der Waals surface area contributed by atoms with Crippen molar-refractivity contribution in [3.8, 4) is 0 Å². The molecule has 1 aromatic carbocycles. The average Bonchev–Trinajstić information content (AvgIpc) is 2.67. The van der Waals surface area contributed by atoms with Crippen LogP contribution < -0.4 is 5.73 Å². The summed E-state index contributed by atoms with van der Waals surface area (Å²) < 4.78 is 16.2. The summed E-state index contributed by atoms with van der Waals surface area (Å²) in [5.74, 6) is 0.751. The van der Waals surface area contributed by atoms with E-state index in [1.807, 2.05) is 42.8 Å². The van der Waals surface area contributed by atoms with E-state index in [-0.39, 0.29) is 13.0 Å².